The summed E-state index contributed by atoms with van der Waals surface area (Å²) in [5, 5.41) is 21.6. The van der Waals surface area contributed by atoms with Gasteiger partial charge in [-0.1, -0.05) is 13.0 Å². The lowest BCUT2D eigenvalue weighted by Gasteiger charge is -2.18. The molecule has 0 aliphatic carbocycles. The zero-order valence-electron chi connectivity index (χ0n) is 18.4. The third-order valence-electron chi connectivity index (χ3n) is 4.72. The van der Waals surface area contributed by atoms with E-state index >= 15 is 0 Å². The number of H-pyrrole nitrogens is 1. The fourth-order valence-corrected chi connectivity index (χ4v) is 3.11. The standard InChI is InChI=1S/C22H28FN7O3/c1-2-30(8-9-31)7-4-10-33-22-14-19(24-15-25-22)27-20-12-18(28-29-20)13-21(32)26-17-6-3-5-16(23)11-17/h3,5-6,11-12,14-15,31H,2,4,7-10,13H2,1H3,(H,26,32)(H2,24,25,27,28,29). The Hall–Kier alpha value is -3.57. The Balaban J connectivity index is 1.47. The number of likely N-dealkylation sites (N-methyl/N-ethyl adjacent to an activating group) is 1. The highest BCUT2D eigenvalue weighted by atomic mass is 19.1. The molecule has 0 unspecified atom stereocenters. The van der Waals surface area contributed by atoms with Crippen LogP contribution in [0.2, 0.25) is 0 Å². The number of nitrogens with one attached hydrogen (secondary N) is 3. The Morgan fingerprint density at radius 2 is 2.12 bits per heavy atom. The lowest BCUT2D eigenvalue weighted by atomic mass is 10.2. The molecule has 11 heteroatoms. The van der Waals surface area contributed by atoms with Gasteiger partial charge in [-0.3, -0.25) is 9.89 Å². The summed E-state index contributed by atoms with van der Waals surface area (Å²) in [7, 11) is 0. The van der Waals surface area contributed by atoms with Gasteiger partial charge in [-0.15, -0.1) is 0 Å². The Kier molecular flexibility index (Phi) is 9.09. The smallest absolute Gasteiger partial charge is 0.230 e. The van der Waals surface area contributed by atoms with Crippen LogP contribution in [-0.2, 0) is 11.2 Å². The molecular weight excluding hydrogens is 429 g/mol. The summed E-state index contributed by atoms with van der Waals surface area (Å²) in [5.74, 6) is 0.770. The number of nitrogens with zero attached hydrogens (tertiary/aromatic N) is 4. The molecule has 0 aliphatic heterocycles. The maximum atomic E-state index is 13.2. The Bertz CT molecular complexity index is 1030. The number of rotatable bonds is 13. The number of carbonyl (C=O) groups is 1. The zero-order valence-corrected chi connectivity index (χ0v) is 18.4. The van der Waals surface area contributed by atoms with Crippen LogP contribution < -0.4 is 15.4 Å². The molecule has 0 bridgehead atoms. The second kappa shape index (κ2) is 12.5. The quantitative estimate of drug-likeness (QED) is 0.288. The van der Waals surface area contributed by atoms with Gasteiger partial charge in [0, 0.05) is 30.9 Å². The summed E-state index contributed by atoms with van der Waals surface area (Å²) in [6.45, 7) is 5.04. The van der Waals surface area contributed by atoms with Crippen molar-refractivity contribution in [2.75, 3.05) is 43.5 Å². The number of aromatic amines is 1. The van der Waals surface area contributed by atoms with Gasteiger partial charge in [0.2, 0.25) is 11.8 Å². The number of carbonyl (C=O) groups excluding carboxylic acids is 1. The van der Waals surface area contributed by atoms with Crippen LogP contribution in [0, 0.1) is 5.82 Å². The molecule has 3 rings (SSSR count). The summed E-state index contributed by atoms with van der Waals surface area (Å²) in [6.07, 6.45) is 2.23. The largest absolute Gasteiger partial charge is 0.477 e. The predicted octanol–water partition coefficient (Wildman–Crippen LogP) is 2.35. The van der Waals surface area contributed by atoms with Crippen molar-refractivity contribution in [1.82, 2.24) is 25.1 Å². The van der Waals surface area contributed by atoms with E-state index in [1.54, 1.807) is 18.2 Å². The van der Waals surface area contributed by atoms with Crippen molar-refractivity contribution in [1.29, 1.82) is 0 Å². The Morgan fingerprint density at radius 1 is 1.24 bits per heavy atom. The van der Waals surface area contributed by atoms with Gasteiger partial charge >= 0.3 is 0 Å². The highest BCUT2D eigenvalue weighted by Gasteiger charge is 2.10. The third-order valence-corrected chi connectivity index (χ3v) is 4.72. The molecule has 4 N–H and O–H groups in total. The second-order valence-corrected chi connectivity index (χ2v) is 7.23. The van der Waals surface area contributed by atoms with Gasteiger partial charge in [-0.25, -0.2) is 14.4 Å². The molecule has 0 atom stereocenters. The van der Waals surface area contributed by atoms with E-state index in [2.05, 4.69) is 42.6 Å². The van der Waals surface area contributed by atoms with Gasteiger partial charge in [-0.05, 0) is 31.2 Å². The van der Waals surface area contributed by atoms with Crippen molar-refractivity contribution in [3.63, 3.8) is 0 Å². The number of ether oxygens (including phenoxy) is 1. The third kappa shape index (κ3) is 8.13. The predicted molar refractivity (Wildman–Crippen MR) is 122 cm³/mol. The molecule has 0 saturated carbocycles. The summed E-state index contributed by atoms with van der Waals surface area (Å²) in [5.41, 5.74) is 0.901. The van der Waals surface area contributed by atoms with Crippen LogP contribution in [0.15, 0.2) is 42.7 Å². The maximum Gasteiger partial charge on any atom is 0.230 e. The normalized spacial score (nSPS) is 10.9. The van der Waals surface area contributed by atoms with E-state index in [-0.39, 0.29) is 18.9 Å². The van der Waals surface area contributed by atoms with Gasteiger partial charge < -0.3 is 25.4 Å². The van der Waals surface area contributed by atoms with Gasteiger partial charge in [0.15, 0.2) is 0 Å². The van der Waals surface area contributed by atoms with Gasteiger partial charge in [0.1, 0.15) is 23.8 Å². The van der Waals surface area contributed by atoms with E-state index in [1.165, 1.54) is 24.5 Å². The minimum absolute atomic E-state index is 0.0257. The number of benzene rings is 1. The van der Waals surface area contributed by atoms with Crippen molar-refractivity contribution < 1.29 is 19.0 Å². The van der Waals surface area contributed by atoms with E-state index in [9.17, 15) is 9.18 Å². The molecule has 0 aliphatic rings. The first kappa shape index (κ1) is 24.1. The van der Waals surface area contributed by atoms with E-state index in [4.69, 9.17) is 9.84 Å². The topological polar surface area (TPSA) is 128 Å². The van der Waals surface area contributed by atoms with E-state index < -0.39 is 5.82 Å². The van der Waals surface area contributed by atoms with Crippen LogP contribution in [0.25, 0.3) is 0 Å². The number of hydrogen-bond donors (Lipinski definition) is 4. The van der Waals surface area contributed by atoms with Crippen molar-refractivity contribution in [2.45, 2.75) is 19.8 Å². The number of aliphatic hydroxyl groups is 1. The monoisotopic (exact) mass is 457 g/mol. The minimum atomic E-state index is -0.420. The van der Waals surface area contributed by atoms with Gasteiger partial charge in [-0.2, -0.15) is 5.10 Å². The number of aromatic nitrogens is 4. The number of anilines is 3. The molecule has 2 aromatic heterocycles. The molecule has 0 fully saturated rings. The Morgan fingerprint density at radius 3 is 2.91 bits per heavy atom. The molecule has 176 valence electrons. The number of aliphatic hydroxyl groups excluding tert-OH is 1. The Labute approximate surface area is 191 Å². The van der Waals surface area contributed by atoms with Crippen molar-refractivity contribution in [2.24, 2.45) is 0 Å². The average molecular weight is 458 g/mol. The summed E-state index contributed by atoms with van der Waals surface area (Å²) in [6, 6.07) is 9.06. The molecule has 3 aromatic rings. The maximum absolute atomic E-state index is 13.2. The van der Waals surface area contributed by atoms with Crippen LogP contribution in [0.3, 0.4) is 0 Å². The summed E-state index contributed by atoms with van der Waals surface area (Å²) in [4.78, 5) is 22.6. The number of amides is 1. The zero-order chi connectivity index (χ0) is 23.5. The summed E-state index contributed by atoms with van der Waals surface area (Å²) >= 11 is 0. The fraction of sp³-hybridized carbons (Fsp3) is 0.364. The van der Waals surface area contributed by atoms with Crippen molar-refractivity contribution >= 4 is 23.2 Å². The number of hydrogen-bond acceptors (Lipinski definition) is 8. The van der Waals surface area contributed by atoms with Crippen molar-refractivity contribution in [3.05, 3.63) is 54.2 Å². The molecule has 2 heterocycles. The summed E-state index contributed by atoms with van der Waals surface area (Å²) < 4.78 is 18.9. The molecule has 0 radical (unpaired) electrons. The van der Waals surface area contributed by atoms with Crippen molar-refractivity contribution in [3.8, 4) is 5.88 Å². The SMILES string of the molecule is CCN(CCO)CCCOc1cc(Nc2cc(CC(=O)Nc3cccc(F)c3)n[nH]2)ncn1. The molecule has 0 saturated heterocycles. The molecule has 0 spiro atoms. The molecule has 1 aromatic carbocycles. The molecule has 33 heavy (non-hydrogen) atoms. The van der Waals surface area contributed by atoms with Gasteiger partial charge in [0.05, 0.1) is 25.3 Å². The van der Waals surface area contributed by atoms with Crippen LogP contribution in [-0.4, -0.2) is 68.9 Å². The van der Waals surface area contributed by atoms with E-state index in [1.807, 2.05) is 0 Å². The lowest BCUT2D eigenvalue weighted by molar-refractivity contribution is -0.115. The van der Waals surface area contributed by atoms with Gasteiger partial charge in [0.25, 0.3) is 0 Å². The van der Waals surface area contributed by atoms with E-state index in [0.29, 0.717) is 42.0 Å². The lowest BCUT2D eigenvalue weighted by Crippen LogP contribution is -2.28. The highest BCUT2D eigenvalue weighted by molar-refractivity contribution is 5.92. The van der Waals surface area contributed by atoms with Crippen LogP contribution in [0.1, 0.15) is 19.0 Å². The van der Waals surface area contributed by atoms with Crippen LogP contribution >= 0.6 is 0 Å². The minimum Gasteiger partial charge on any atom is -0.477 e. The first-order chi connectivity index (χ1) is 16.1. The first-order valence-corrected chi connectivity index (χ1v) is 10.7. The first-order valence-electron chi connectivity index (χ1n) is 10.7. The average Bonchev–Trinajstić information content (AvgIpc) is 3.22. The van der Waals surface area contributed by atoms with Crippen LogP contribution in [0.4, 0.5) is 21.7 Å². The molecular formula is C22H28FN7O3. The van der Waals surface area contributed by atoms with Crippen LogP contribution in [0.5, 0.6) is 5.88 Å². The second-order valence-electron chi connectivity index (χ2n) is 7.23. The highest BCUT2D eigenvalue weighted by Crippen LogP contribution is 2.17. The van der Waals surface area contributed by atoms with E-state index in [0.717, 1.165) is 19.5 Å². The molecule has 10 nitrogen and oxygen atoms in total. The number of halogens is 1. The fourth-order valence-electron chi connectivity index (χ4n) is 3.11. The molecule has 1 amide bonds.